The van der Waals surface area contributed by atoms with Crippen molar-refractivity contribution in [3.05, 3.63) is 52.5 Å². The average molecular weight is 347 g/mol. The molecule has 0 radical (unpaired) electrons. The fourth-order valence-electron chi connectivity index (χ4n) is 2.47. The Balaban J connectivity index is 1.89. The number of aromatic amines is 1. The molecular formula is C16H17BrN3O+. The highest BCUT2D eigenvalue weighted by Gasteiger charge is 2.15. The van der Waals surface area contributed by atoms with Gasteiger partial charge in [-0.05, 0) is 37.3 Å². The summed E-state index contributed by atoms with van der Waals surface area (Å²) in [5.74, 6) is 1.24. The van der Waals surface area contributed by atoms with Gasteiger partial charge in [0.1, 0.15) is 16.8 Å². The van der Waals surface area contributed by atoms with Crippen LogP contribution in [0.2, 0.25) is 0 Å². The Morgan fingerprint density at radius 1 is 1.24 bits per heavy atom. The lowest BCUT2D eigenvalue weighted by Crippen LogP contribution is -2.34. The van der Waals surface area contributed by atoms with Crippen LogP contribution in [0.4, 0.5) is 5.95 Å². The smallest absolute Gasteiger partial charge is 0.356 e. The molecule has 2 aromatic carbocycles. The minimum Gasteiger partial charge on any atom is -0.508 e. The molecule has 4 nitrogen and oxygen atoms in total. The molecule has 5 heteroatoms. The molecule has 0 aliphatic rings. The second-order valence-electron chi connectivity index (χ2n) is 4.86. The molecule has 0 aliphatic carbocycles. The summed E-state index contributed by atoms with van der Waals surface area (Å²) in [6.07, 6.45) is 0. The Hall–Kier alpha value is -2.01. The molecule has 0 fully saturated rings. The number of anilines is 1. The topological polar surface area (TPSA) is 51.9 Å². The number of aromatic nitrogens is 2. The maximum atomic E-state index is 9.90. The predicted octanol–water partition coefficient (Wildman–Crippen LogP) is 3.56. The molecule has 0 saturated heterocycles. The van der Waals surface area contributed by atoms with Gasteiger partial charge in [-0.25, -0.2) is 9.55 Å². The van der Waals surface area contributed by atoms with E-state index >= 15 is 0 Å². The number of aromatic hydroxyl groups is 1. The molecule has 3 N–H and O–H groups in total. The Bertz CT molecular complexity index is 782. The van der Waals surface area contributed by atoms with E-state index in [1.165, 1.54) is 5.52 Å². The van der Waals surface area contributed by atoms with Crippen molar-refractivity contribution in [2.45, 2.75) is 20.0 Å². The highest BCUT2D eigenvalue weighted by molar-refractivity contribution is 9.10. The van der Waals surface area contributed by atoms with Crippen molar-refractivity contribution < 1.29 is 9.67 Å². The average Bonchev–Trinajstić information content (AvgIpc) is 2.85. The van der Waals surface area contributed by atoms with E-state index in [0.29, 0.717) is 12.3 Å². The van der Waals surface area contributed by atoms with Gasteiger partial charge in [-0.2, -0.15) is 0 Å². The number of phenols is 1. The third kappa shape index (κ3) is 2.74. The first-order valence-electron chi connectivity index (χ1n) is 6.91. The van der Waals surface area contributed by atoms with E-state index in [0.717, 1.165) is 28.0 Å². The van der Waals surface area contributed by atoms with E-state index in [1.54, 1.807) is 6.07 Å². The third-order valence-electron chi connectivity index (χ3n) is 3.52. The van der Waals surface area contributed by atoms with E-state index in [4.69, 9.17) is 0 Å². The molecule has 1 aromatic heterocycles. The number of nitrogens with zero attached hydrogens (tertiary/aromatic N) is 1. The number of phenolic OH excluding ortho intramolecular Hbond substituents is 1. The number of H-pyrrole nitrogens is 1. The van der Waals surface area contributed by atoms with Gasteiger partial charge in [0, 0.05) is 10.0 Å². The zero-order valence-electron chi connectivity index (χ0n) is 11.7. The Morgan fingerprint density at radius 2 is 2.05 bits per heavy atom. The van der Waals surface area contributed by atoms with Crippen LogP contribution in [0.1, 0.15) is 12.5 Å². The van der Waals surface area contributed by atoms with Gasteiger partial charge in [0.15, 0.2) is 0 Å². The number of imidazole rings is 1. The van der Waals surface area contributed by atoms with Crippen LogP contribution in [0.5, 0.6) is 5.75 Å². The Labute approximate surface area is 131 Å². The summed E-state index contributed by atoms with van der Waals surface area (Å²) >= 11 is 3.43. The first kappa shape index (κ1) is 13.9. The summed E-state index contributed by atoms with van der Waals surface area (Å²) < 4.78 is 3.14. The summed E-state index contributed by atoms with van der Waals surface area (Å²) in [6, 6.07) is 13.6. The van der Waals surface area contributed by atoms with Crippen LogP contribution in [0, 0.1) is 0 Å². The molecule has 0 atom stereocenters. The molecule has 0 amide bonds. The zero-order chi connectivity index (χ0) is 14.8. The number of aryl methyl sites for hydroxylation is 1. The fraction of sp³-hybridized carbons (Fsp3) is 0.188. The Morgan fingerprint density at radius 3 is 2.86 bits per heavy atom. The number of benzene rings is 2. The van der Waals surface area contributed by atoms with Crippen LogP contribution in [-0.4, -0.2) is 10.1 Å². The van der Waals surface area contributed by atoms with E-state index in [1.807, 2.05) is 24.3 Å². The summed E-state index contributed by atoms with van der Waals surface area (Å²) in [6.45, 7) is 3.54. The normalized spacial score (nSPS) is 11.0. The minimum absolute atomic E-state index is 0.296. The highest BCUT2D eigenvalue weighted by atomic mass is 79.9. The lowest BCUT2D eigenvalue weighted by molar-refractivity contribution is -0.653. The van der Waals surface area contributed by atoms with Crippen molar-refractivity contribution in [1.29, 1.82) is 0 Å². The number of para-hydroxylation sites is 2. The van der Waals surface area contributed by atoms with Crippen molar-refractivity contribution in [2.75, 3.05) is 5.32 Å². The van der Waals surface area contributed by atoms with Crippen LogP contribution in [-0.2, 0) is 13.1 Å². The molecule has 1 heterocycles. The molecule has 108 valence electrons. The molecule has 3 aromatic rings. The van der Waals surface area contributed by atoms with Gasteiger partial charge in [0.05, 0.1) is 13.1 Å². The first-order chi connectivity index (χ1) is 10.2. The van der Waals surface area contributed by atoms with Crippen LogP contribution in [0.25, 0.3) is 11.0 Å². The molecule has 0 aliphatic heterocycles. The van der Waals surface area contributed by atoms with Crippen LogP contribution >= 0.6 is 15.9 Å². The summed E-state index contributed by atoms with van der Waals surface area (Å²) in [7, 11) is 0. The quantitative estimate of drug-likeness (QED) is 0.632. The monoisotopic (exact) mass is 346 g/mol. The van der Waals surface area contributed by atoms with E-state index in [9.17, 15) is 5.11 Å². The number of fused-ring (bicyclic) bond motifs is 1. The van der Waals surface area contributed by atoms with Crippen LogP contribution in [0.3, 0.4) is 0 Å². The third-order valence-corrected chi connectivity index (χ3v) is 4.02. The second kappa shape index (κ2) is 5.77. The predicted molar refractivity (Wildman–Crippen MR) is 87.3 cm³/mol. The molecule has 0 unspecified atom stereocenters. The number of hydrogen-bond donors (Lipinski definition) is 3. The van der Waals surface area contributed by atoms with Gasteiger partial charge in [-0.3, -0.25) is 5.32 Å². The molecule has 3 rings (SSSR count). The second-order valence-corrected chi connectivity index (χ2v) is 5.78. The van der Waals surface area contributed by atoms with Gasteiger partial charge in [0.2, 0.25) is 0 Å². The maximum Gasteiger partial charge on any atom is 0.356 e. The van der Waals surface area contributed by atoms with Gasteiger partial charge in [-0.1, -0.05) is 28.1 Å². The van der Waals surface area contributed by atoms with Crippen molar-refractivity contribution >= 4 is 32.9 Å². The lowest BCUT2D eigenvalue weighted by atomic mass is 10.2. The van der Waals surface area contributed by atoms with Crippen molar-refractivity contribution in [3.63, 3.8) is 0 Å². The maximum absolute atomic E-state index is 9.90. The highest BCUT2D eigenvalue weighted by Crippen LogP contribution is 2.22. The van der Waals surface area contributed by atoms with Crippen molar-refractivity contribution in [1.82, 2.24) is 4.98 Å². The Kier molecular flexibility index (Phi) is 3.84. The summed E-state index contributed by atoms with van der Waals surface area (Å²) in [4.78, 5) is 3.38. The molecule has 0 saturated carbocycles. The lowest BCUT2D eigenvalue weighted by Gasteiger charge is -2.05. The van der Waals surface area contributed by atoms with E-state index < -0.39 is 0 Å². The summed E-state index contributed by atoms with van der Waals surface area (Å²) in [5.41, 5.74) is 3.12. The first-order valence-corrected chi connectivity index (χ1v) is 7.70. The van der Waals surface area contributed by atoms with E-state index in [2.05, 4.69) is 49.9 Å². The number of halogens is 1. The standard InChI is InChI=1S/C16H16BrN3O/c1-2-20-14-6-4-3-5-13(14)19-16(20)18-10-11-9-12(17)7-8-15(11)21/h3-9H,2,10H2,1H3,(H2,18,19,21)/p+1. The molecular weight excluding hydrogens is 330 g/mol. The van der Waals surface area contributed by atoms with Crippen LogP contribution < -0.4 is 9.88 Å². The SMILES string of the molecule is CC[n+]1c(NCc2cc(Br)ccc2O)[nH]c2ccccc21. The molecule has 0 spiro atoms. The summed E-state index contributed by atoms with van der Waals surface area (Å²) in [5, 5.41) is 13.3. The van der Waals surface area contributed by atoms with Crippen LogP contribution in [0.15, 0.2) is 46.9 Å². The van der Waals surface area contributed by atoms with Crippen molar-refractivity contribution in [2.24, 2.45) is 0 Å². The van der Waals surface area contributed by atoms with E-state index in [-0.39, 0.29) is 0 Å². The number of nitrogens with one attached hydrogen (secondary N) is 2. The number of rotatable bonds is 4. The van der Waals surface area contributed by atoms with Gasteiger partial charge in [-0.15, -0.1) is 0 Å². The van der Waals surface area contributed by atoms with Gasteiger partial charge < -0.3 is 5.11 Å². The fourth-order valence-corrected chi connectivity index (χ4v) is 2.88. The van der Waals surface area contributed by atoms with Gasteiger partial charge >= 0.3 is 5.95 Å². The van der Waals surface area contributed by atoms with Crippen molar-refractivity contribution in [3.8, 4) is 5.75 Å². The largest absolute Gasteiger partial charge is 0.508 e. The minimum atomic E-state index is 0.296. The van der Waals surface area contributed by atoms with Gasteiger partial charge in [0.25, 0.3) is 0 Å². The molecule has 21 heavy (non-hydrogen) atoms. The number of hydrogen-bond acceptors (Lipinski definition) is 2. The zero-order valence-corrected chi connectivity index (χ0v) is 13.3. The molecule has 0 bridgehead atoms.